The van der Waals surface area contributed by atoms with Gasteiger partial charge in [0.05, 0.1) is 25.1 Å². The molecule has 1 N–H and O–H groups in total. The first-order valence-electron chi connectivity index (χ1n) is 7.59. The second-order valence-corrected chi connectivity index (χ2v) is 5.98. The van der Waals surface area contributed by atoms with Crippen molar-refractivity contribution in [3.63, 3.8) is 0 Å². The molecule has 0 atom stereocenters. The number of carbonyl (C=O) groups excluding carboxylic acids is 1. The van der Waals surface area contributed by atoms with Crippen LogP contribution in [0.5, 0.6) is 0 Å². The van der Waals surface area contributed by atoms with E-state index in [4.69, 9.17) is 4.74 Å². The van der Waals surface area contributed by atoms with Crippen LogP contribution in [0.15, 0.2) is 36.8 Å². The fourth-order valence-electron chi connectivity index (χ4n) is 2.84. The van der Waals surface area contributed by atoms with Gasteiger partial charge in [0.1, 0.15) is 0 Å². The molecule has 3 aromatic rings. The zero-order valence-electron chi connectivity index (χ0n) is 13.5. The molecule has 0 saturated heterocycles. The molecule has 1 aromatic carbocycles. The average Bonchev–Trinajstić information content (AvgIpc) is 2.96. The molecule has 0 saturated carbocycles. The monoisotopic (exact) mass is 309 g/mol. The topological polar surface area (TPSA) is 67.9 Å². The Morgan fingerprint density at radius 1 is 1.26 bits per heavy atom. The van der Waals surface area contributed by atoms with Crippen LogP contribution in [-0.2, 0) is 11.2 Å². The minimum atomic E-state index is -0.330. The zero-order chi connectivity index (χ0) is 16.4. The van der Waals surface area contributed by atoms with Crippen molar-refractivity contribution in [3.05, 3.63) is 47.9 Å². The van der Waals surface area contributed by atoms with Crippen LogP contribution < -0.4 is 0 Å². The summed E-state index contributed by atoms with van der Waals surface area (Å²) >= 11 is 0. The van der Waals surface area contributed by atoms with Crippen LogP contribution in [0.1, 0.15) is 29.8 Å². The standard InChI is InChI=1S/C18H19N3O2/c1-11(2)6-14-9-19-16-8-13(12-4-5-20-21-10-12)7-15(17(14)16)18(22)23-3/h4-5,7-11,19H,6H2,1-3H3. The Bertz CT molecular complexity index is 838. The molecule has 0 bridgehead atoms. The number of H-pyrrole nitrogens is 1. The molecule has 0 aliphatic rings. The number of benzene rings is 1. The normalized spacial score (nSPS) is 11.1. The van der Waals surface area contributed by atoms with Gasteiger partial charge in [0.25, 0.3) is 0 Å². The second kappa shape index (κ2) is 6.20. The van der Waals surface area contributed by atoms with Gasteiger partial charge in [0, 0.05) is 22.7 Å². The number of hydrogen-bond acceptors (Lipinski definition) is 4. The van der Waals surface area contributed by atoms with Crippen LogP contribution in [-0.4, -0.2) is 28.3 Å². The molecule has 0 amide bonds. The van der Waals surface area contributed by atoms with Gasteiger partial charge >= 0.3 is 5.97 Å². The van der Waals surface area contributed by atoms with E-state index >= 15 is 0 Å². The number of carbonyl (C=O) groups is 1. The number of hydrogen-bond donors (Lipinski definition) is 1. The van der Waals surface area contributed by atoms with E-state index in [1.807, 2.05) is 24.4 Å². The molecule has 2 aromatic heterocycles. The van der Waals surface area contributed by atoms with E-state index in [9.17, 15) is 4.79 Å². The second-order valence-electron chi connectivity index (χ2n) is 5.98. The molecule has 0 radical (unpaired) electrons. The number of fused-ring (bicyclic) bond motifs is 1. The summed E-state index contributed by atoms with van der Waals surface area (Å²) in [6, 6.07) is 5.76. The quantitative estimate of drug-likeness (QED) is 0.748. The molecule has 5 heteroatoms. The van der Waals surface area contributed by atoms with E-state index in [2.05, 4.69) is 29.0 Å². The van der Waals surface area contributed by atoms with Gasteiger partial charge in [-0.3, -0.25) is 0 Å². The Morgan fingerprint density at radius 3 is 2.74 bits per heavy atom. The van der Waals surface area contributed by atoms with Crippen LogP contribution in [0.2, 0.25) is 0 Å². The highest BCUT2D eigenvalue weighted by molar-refractivity contribution is 6.07. The van der Waals surface area contributed by atoms with E-state index in [1.54, 1.807) is 12.4 Å². The van der Waals surface area contributed by atoms with Gasteiger partial charge in [-0.05, 0) is 41.7 Å². The highest BCUT2D eigenvalue weighted by Crippen LogP contribution is 2.31. The fourth-order valence-corrected chi connectivity index (χ4v) is 2.84. The smallest absolute Gasteiger partial charge is 0.338 e. The van der Waals surface area contributed by atoms with E-state index < -0.39 is 0 Å². The van der Waals surface area contributed by atoms with Crippen molar-refractivity contribution in [1.29, 1.82) is 0 Å². The van der Waals surface area contributed by atoms with E-state index in [-0.39, 0.29) is 5.97 Å². The molecule has 118 valence electrons. The summed E-state index contributed by atoms with van der Waals surface area (Å²) in [5.74, 6) is 0.173. The predicted octanol–water partition coefficient (Wildman–Crippen LogP) is 3.61. The van der Waals surface area contributed by atoms with E-state index in [0.717, 1.165) is 34.0 Å². The Labute approximate surface area is 134 Å². The number of aromatic amines is 1. The molecule has 0 fully saturated rings. The minimum absolute atomic E-state index is 0.330. The van der Waals surface area contributed by atoms with Gasteiger partial charge in [-0.15, -0.1) is 0 Å². The van der Waals surface area contributed by atoms with Crippen LogP contribution in [0.25, 0.3) is 22.0 Å². The van der Waals surface area contributed by atoms with Gasteiger partial charge in [0.2, 0.25) is 0 Å². The van der Waals surface area contributed by atoms with E-state index in [1.165, 1.54) is 7.11 Å². The highest BCUT2D eigenvalue weighted by Gasteiger charge is 2.18. The van der Waals surface area contributed by atoms with Crippen LogP contribution >= 0.6 is 0 Å². The molecule has 23 heavy (non-hydrogen) atoms. The van der Waals surface area contributed by atoms with Crippen molar-refractivity contribution >= 4 is 16.9 Å². The lowest BCUT2D eigenvalue weighted by Crippen LogP contribution is -2.04. The number of aromatic nitrogens is 3. The first-order valence-corrected chi connectivity index (χ1v) is 7.59. The number of ether oxygens (including phenoxy) is 1. The lowest BCUT2D eigenvalue weighted by atomic mass is 9.96. The molecule has 2 heterocycles. The molecule has 0 unspecified atom stereocenters. The summed E-state index contributed by atoms with van der Waals surface area (Å²) in [4.78, 5) is 15.6. The maximum absolute atomic E-state index is 12.3. The number of nitrogens with zero attached hydrogens (tertiary/aromatic N) is 2. The van der Waals surface area contributed by atoms with E-state index in [0.29, 0.717) is 11.5 Å². The van der Waals surface area contributed by atoms with Gasteiger partial charge in [-0.25, -0.2) is 4.79 Å². The third kappa shape index (κ3) is 2.95. The third-order valence-corrected chi connectivity index (χ3v) is 3.81. The Kier molecular flexibility index (Phi) is 4.10. The summed E-state index contributed by atoms with van der Waals surface area (Å²) in [6.07, 6.45) is 6.20. The highest BCUT2D eigenvalue weighted by atomic mass is 16.5. The first-order chi connectivity index (χ1) is 11.1. The van der Waals surface area contributed by atoms with Crippen molar-refractivity contribution in [1.82, 2.24) is 15.2 Å². The number of methoxy groups -OCH3 is 1. The lowest BCUT2D eigenvalue weighted by molar-refractivity contribution is 0.0603. The fraction of sp³-hybridized carbons (Fsp3) is 0.278. The minimum Gasteiger partial charge on any atom is -0.465 e. The lowest BCUT2D eigenvalue weighted by Gasteiger charge is -2.09. The molecule has 3 rings (SSSR count). The Balaban J connectivity index is 2.22. The average molecular weight is 309 g/mol. The van der Waals surface area contributed by atoms with Crippen LogP contribution in [0, 0.1) is 5.92 Å². The number of rotatable bonds is 4. The van der Waals surface area contributed by atoms with Crippen molar-refractivity contribution < 1.29 is 9.53 Å². The van der Waals surface area contributed by atoms with Crippen molar-refractivity contribution in [2.75, 3.05) is 7.11 Å². The largest absolute Gasteiger partial charge is 0.465 e. The summed E-state index contributed by atoms with van der Waals surface area (Å²) in [5.41, 5.74) is 4.46. The Hall–Kier alpha value is -2.69. The third-order valence-electron chi connectivity index (χ3n) is 3.81. The molecular formula is C18H19N3O2. The van der Waals surface area contributed by atoms with Gasteiger partial charge < -0.3 is 9.72 Å². The first kappa shape index (κ1) is 15.2. The summed E-state index contributed by atoms with van der Waals surface area (Å²) in [7, 11) is 1.41. The molecular weight excluding hydrogens is 290 g/mol. The number of esters is 1. The number of nitrogens with one attached hydrogen (secondary N) is 1. The van der Waals surface area contributed by atoms with Gasteiger partial charge in [0.15, 0.2) is 0 Å². The molecule has 0 aliphatic carbocycles. The molecule has 0 spiro atoms. The molecule has 5 nitrogen and oxygen atoms in total. The predicted molar refractivity (Wildman–Crippen MR) is 89.2 cm³/mol. The molecule has 0 aliphatic heterocycles. The van der Waals surface area contributed by atoms with Crippen LogP contribution in [0.3, 0.4) is 0 Å². The Morgan fingerprint density at radius 2 is 2.09 bits per heavy atom. The maximum Gasteiger partial charge on any atom is 0.338 e. The maximum atomic E-state index is 12.3. The summed E-state index contributed by atoms with van der Waals surface area (Å²) in [6.45, 7) is 4.32. The van der Waals surface area contributed by atoms with Gasteiger partial charge in [-0.2, -0.15) is 10.2 Å². The summed E-state index contributed by atoms with van der Waals surface area (Å²) in [5, 5.41) is 8.64. The van der Waals surface area contributed by atoms with Crippen molar-refractivity contribution in [2.45, 2.75) is 20.3 Å². The summed E-state index contributed by atoms with van der Waals surface area (Å²) < 4.78 is 4.98. The van der Waals surface area contributed by atoms with Gasteiger partial charge in [-0.1, -0.05) is 13.8 Å². The van der Waals surface area contributed by atoms with Crippen LogP contribution in [0.4, 0.5) is 0 Å². The van der Waals surface area contributed by atoms with Crippen molar-refractivity contribution in [2.24, 2.45) is 5.92 Å². The van der Waals surface area contributed by atoms with Crippen molar-refractivity contribution in [3.8, 4) is 11.1 Å². The SMILES string of the molecule is COC(=O)c1cc(-c2ccnnc2)cc2[nH]cc(CC(C)C)c12. The zero-order valence-corrected chi connectivity index (χ0v) is 13.5.